The van der Waals surface area contributed by atoms with Crippen molar-refractivity contribution in [3.63, 3.8) is 0 Å². The molecule has 2 aromatic carbocycles. The van der Waals surface area contributed by atoms with Crippen molar-refractivity contribution in [3.05, 3.63) is 77.9 Å². The second-order valence-electron chi connectivity index (χ2n) is 9.01. The normalized spacial score (nSPS) is 15.6. The van der Waals surface area contributed by atoms with Gasteiger partial charge in [-0.2, -0.15) is 0 Å². The fourth-order valence-electron chi connectivity index (χ4n) is 4.94. The summed E-state index contributed by atoms with van der Waals surface area (Å²) in [6, 6.07) is 15.3. The van der Waals surface area contributed by atoms with Gasteiger partial charge in [0.15, 0.2) is 0 Å². The topological polar surface area (TPSA) is 125 Å². The molecule has 0 unspecified atom stereocenters. The smallest absolute Gasteiger partial charge is 0.407 e. The van der Waals surface area contributed by atoms with Gasteiger partial charge in [-0.25, -0.2) is 9.78 Å². The van der Waals surface area contributed by atoms with Crippen LogP contribution in [0.3, 0.4) is 0 Å². The molecule has 35 heavy (non-hydrogen) atoms. The highest BCUT2D eigenvalue weighted by Crippen LogP contribution is 2.44. The first-order chi connectivity index (χ1) is 17.0. The van der Waals surface area contributed by atoms with E-state index >= 15 is 0 Å². The molecule has 0 saturated carbocycles. The zero-order chi connectivity index (χ0) is 24.4. The Balaban J connectivity index is 1.24. The zero-order valence-electron chi connectivity index (χ0n) is 19.0. The van der Waals surface area contributed by atoms with Crippen molar-refractivity contribution in [1.29, 1.82) is 0 Å². The number of benzene rings is 2. The lowest BCUT2D eigenvalue weighted by Crippen LogP contribution is -2.58. The van der Waals surface area contributed by atoms with Crippen LogP contribution < -0.4 is 5.32 Å². The number of hydrogen-bond donors (Lipinski definition) is 3. The van der Waals surface area contributed by atoms with Crippen molar-refractivity contribution < 1.29 is 24.2 Å². The predicted octanol–water partition coefficient (Wildman–Crippen LogP) is 2.79. The van der Waals surface area contributed by atoms with Crippen LogP contribution in [-0.2, 0) is 20.7 Å². The average Bonchev–Trinajstić information content (AvgIpc) is 3.45. The summed E-state index contributed by atoms with van der Waals surface area (Å²) in [6.07, 6.45) is 2.69. The lowest BCUT2D eigenvalue weighted by Gasteiger charge is -2.40. The monoisotopic (exact) mass is 474 g/mol. The van der Waals surface area contributed by atoms with Crippen LogP contribution in [0.5, 0.6) is 0 Å². The first-order valence-corrected chi connectivity index (χ1v) is 11.6. The van der Waals surface area contributed by atoms with Crippen molar-refractivity contribution in [2.75, 3.05) is 19.7 Å². The summed E-state index contributed by atoms with van der Waals surface area (Å²) in [5.41, 5.74) is 5.19. The van der Waals surface area contributed by atoms with Crippen molar-refractivity contribution >= 4 is 18.0 Å². The average molecular weight is 475 g/mol. The number of aliphatic carboxylic acids is 1. The molecule has 3 N–H and O–H groups in total. The van der Waals surface area contributed by atoms with Crippen LogP contribution >= 0.6 is 0 Å². The number of alkyl carbamates (subject to hydrolysis) is 1. The number of fused-ring (bicyclic) bond motifs is 3. The summed E-state index contributed by atoms with van der Waals surface area (Å²) in [6.45, 7) is 0.864. The van der Waals surface area contributed by atoms with Gasteiger partial charge in [0.2, 0.25) is 5.91 Å². The molecule has 9 heteroatoms. The fraction of sp³-hybridized carbons (Fsp3) is 0.308. The lowest BCUT2D eigenvalue weighted by molar-refractivity contribution is -0.146. The quantitative estimate of drug-likeness (QED) is 0.461. The minimum absolute atomic E-state index is 0.0226. The van der Waals surface area contributed by atoms with Gasteiger partial charge in [-0.1, -0.05) is 48.5 Å². The maximum atomic E-state index is 13.1. The number of carboxylic acids is 1. The van der Waals surface area contributed by atoms with Crippen molar-refractivity contribution in [1.82, 2.24) is 20.2 Å². The van der Waals surface area contributed by atoms with E-state index in [2.05, 4.69) is 27.4 Å². The number of rotatable bonds is 8. The summed E-state index contributed by atoms with van der Waals surface area (Å²) in [4.78, 5) is 45.3. The maximum Gasteiger partial charge on any atom is 0.407 e. The largest absolute Gasteiger partial charge is 0.481 e. The Morgan fingerprint density at radius 3 is 2.34 bits per heavy atom. The number of aromatic nitrogens is 2. The van der Waals surface area contributed by atoms with E-state index in [4.69, 9.17) is 9.84 Å². The summed E-state index contributed by atoms with van der Waals surface area (Å²) >= 11 is 0. The number of carboxylic acid groups (broad SMARTS) is 1. The molecule has 2 heterocycles. The van der Waals surface area contributed by atoms with Gasteiger partial charge in [-0.15, -0.1) is 0 Å². The lowest BCUT2D eigenvalue weighted by atomic mass is 9.95. The van der Waals surface area contributed by atoms with Gasteiger partial charge in [0, 0.05) is 43.2 Å². The number of amides is 2. The van der Waals surface area contributed by atoms with E-state index in [0.717, 1.165) is 22.3 Å². The molecule has 2 amide bonds. The number of nitrogens with zero attached hydrogens (tertiary/aromatic N) is 2. The van der Waals surface area contributed by atoms with Gasteiger partial charge in [0.1, 0.15) is 12.6 Å². The molecule has 9 nitrogen and oxygen atoms in total. The third-order valence-corrected chi connectivity index (χ3v) is 6.64. The van der Waals surface area contributed by atoms with E-state index in [1.165, 1.54) is 6.33 Å². The number of ether oxygens (including phenoxy) is 1. The van der Waals surface area contributed by atoms with E-state index in [1.54, 1.807) is 11.1 Å². The number of likely N-dealkylation sites (tertiary alicyclic amines) is 1. The number of aromatic amines is 1. The molecule has 5 rings (SSSR count). The zero-order valence-corrected chi connectivity index (χ0v) is 19.0. The Kier molecular flexibility index (Phi) is 6.22. The third kappa shape index (κ3) is 4.75. The SMILES string of the molecule is O=C(O)CC1CN(C(=O)[C@@H](Cc2cnc[nH]2)NC(=O)OCC2c3ccccc3-c3ccccc32)C1. The number of carbonyl (C=O) groups is 3. The van der Waals surface area contributed by atoms with Crippen molar-refractivity contribution in [2.45, 2.75) is 24.8 Å². The fourth-order valence-corrected chi connectivity index (χ4v) is 4.94. The minimum Gasteiger partial charge on any atom is -0.481 e. The second kappa shape index (κ2) is 9.61. The van der Waals surface area contributed by atoms with Gasteiger partial charge in [0.05, 0.1) is 12.7 Å². The third-order valence-electron chi connectivity index (χ3n) is 6.64. The molecule has 1 atom stereocenters. The molecule has 1 aliphatic heterocycles. The summed E-state index contributed by atoms with van der Waals surface area (Å²) in [7, 11) is 0. The molecule has 3 aromatic rings. The highest BCUT2D eigenvalue weighted by Gasteiger charge is 2.37. The van der Waals surface area contributed by atoms with Gasteiger partial charge in [-0.05, 0) is 22.3 Å². The van der Waals surface area contributed by atoms with Crippen LogP contribution in [0.1, 0.15) is 29.2 Å². The van der Waals surface area contributed by atoms with Crippen molar-refractivity contribution in [2.24, 2.45) is 5.92 Å². The van der Waals surface area contributed by atoms with Crippen LogP contribution in [0, 0.1) is 5.92 Å². The van der Waals surface area contributed by atoms with E-state index in [-0.39, 0.29) is 37.2 Å². The molecule has 1 aliphatic carbocycles. The number of H-pyrrole nitrogens is 1. The number of carbonyl (C=O) groups excluding carboxylic acids is 2. The Morgan fingerprint density at radius 1 is 1.09 bits per heavy atom. The highest BCUT2D eigenvalue weighted by atomic mass is 16.5. The molecule has 2 aliphatic rings. The first-order valence-electron chi connectivity index (χ1n) is 11.6. The van der Waals surface area contributed by atoms with Gasteiger partial charge >= 0.3 is 12.1 Å². The van der Waals surface area contributed by atoms with Crippen LogP contribution in [0.4, 0.5) is 4.79 Å². The highest BCUT2D eigenvalue weighted by molar-refractivity contribution is 5.87. The summed E-state index contributed by atoms with van der Waals surface area (Å²) < 4.78 is 5.62. The molecule has 1 aromatic heterocycles. The van der Waals surface area contributed by atoms with Crippen molar-refractivity contribution in [3.8, 4) is 11.1 Å². The number of hydrogen-bond acceptors (Lipinski definition) is 5. The van der Waals surface area contributed by atoms with Gasteiger partial charge in [0.25, 0.3) is 0 Å². The van der Waals surface area contributed by atoms with Crippen LogP contribution in [-0.4, -0.2) is 63.7 Å². The Bertz CT molecular complexity index is 1190. The number of nitrogens with one attached hydrogen (secondary N) is 2. The Labute approximate surface area is 202 Å². The van der Waals surface area contributed by atoms with Crippen LogP contribution in [0.25, 0.3) is 11.1 Å². The minimum atomic E-state index is -0.882. The molecular formula is C26H26N4O5. The molecule has 0 bridgehead atoms. The van der Waals surface area contributed by atoms with E-state index in [1.807, 2.05) is 36.4 Å². The molecule has 1 fully saturated rings. The van der Waals surface area contributed by atoms with E-state index < -0.39 is 18.1 Å². The van der Waals surface area contributed by atoms with Gasteiger partial charge in [-0.3, -0.25) is 9.59 Å². The summed E-state index contributed by atoms with van der Waals surface area (Å²) in [5.74, 6) is -1.30. The molecule has 180 valence electrons. The predicted molar refractivity (Wildman–Crippen MR) is 127 cm³/mol. The first kappa shape index (κ1) is 22.6. The van der Waals surface area contributed by atoms with Gasteiger partial charge < -0.3 is 25.0 Å². The number of imidazole rings is 1. The van der Waals surface area contributed by atoms with E-state index in [0.29, 0.717) is 18.8 Å². The second-order valence-corrected chi connectivity index (χ2v) is 9.01. The molecular weight excluding hydrogens is 448 g/mol. The van der Waals surface area contributed by atoms with Crippen LogP contribution in [0.15, 0.2) is 61.1 Å². The Hall–Kier alpha value is -4.14. The van der Waals surface area contributed by atoms with E-state index in [9.17, 15) is 14.4 Å². The molecule has 0 radical (unpaired) electrons. The molecule has 1 saturated heterocycles. The van der Waals surface area contributed by atoms with Crippen LogP contribution in [0.2, 0.25) is 0 Å². The standard InChI is InChI=1S/C26H26N4O5/c31-24(32)9-16-12-30(13-16)25(33)23(10-17-11-27-15-28-17)29-26(34)35-14-22-20-7-3-1-5-18(20)19-6-2-4-8-21(19)22/h1-8,11,15-16,22-23H,9-10,12-14H2,(H,27,28)(H,29,34)(H,31,32)/t23-/m1/s1. The maximum absolute atomic E-state index is 13.1. The molecule has 0 spiro atoms. The summed E-state index contributed by atoms with van der Waals surface area (Å²) in [5, 5.41) is 11.7. The Morgan fingerprint density at radius 2 is 1.74 bits per heavy atom.